The summed E-state index contributed by atoms with van der Waals surface area (Å²) in [7, 11) is -1.23. The van der Waals surface area contributed by atoms with Gasteiger partial charge in [-0.1, -0.05) is 203 Å². The van der Waals surface area contributed by atoms with E-state index in [1.165, 1.54) is 103 Å². The highest BCUT2D eigenvalue weighted by molar-refractivity contribution is 7.86. The van der Waals surface area contributed by atoms with Crippen LogP contribution >= 0.6 is 46.4 Å². The second-order valence-corrected chi connectivity index (χ2v) is 40.3. The predicted molar refractivity (Wildman–Crippen MR) is 552 cm³/mol. The number of aryl methyl sites for hydroxylation is 2. The molecule has 0 bridgehead atoms. The zero-order valence-corrected chi connectivity index (χ0v) is 83.0. The second kappa shape index (κ2) is 42.1. The van der Waals surface area contributed by atoms with Crippen molar-refractivity contribution in [1.29, 1.82) is 0 Å². The van der Waals surface area contributed by atoms with Crippen LogP contribution in [0.15, 0.2) is 337 Å². The molecule has 0 spiro atoms. The number of anilines is 2. The first-order chi connectivity index (χ1) is 69.2. The van der Waals surface area contributed by atoms with Crippen LogP contribution < -0.4 is 9.80 Å². The van der Waals surface area contributed by atoms with E-state index in [4.69, 9.17) is 46.4 Å². The summed E-state index contributed by atoms with van der Waals surface area (Å²) >= 11 is 25.8. The van der Waals surface area contributed by atoms with Crippen LogP contribution in [0.4, 0.5) is 68.2 Å². The van der Waals surface area contributed by atoms with Crippen molar-refractivity contribution < 1.29 is 74.5 Å². The molecule has 0 fully saturated rings. The molecule has 34 nitrogen and oxygen atoms in total. The lowest BCUT2D eigenvalue weighted by Crippen LogP contribution is -2.39. The standard InChI is InChI=1S/C92H72Cl4N12O16.2C7H8O3S/c1-97-77-13-7-5-11-72(77)91(53-61-27-40-76(96)84(43-61)108(123)124,54-62-28-31-65(93)44-81(62)105(117)118)87(97)17-9-15-85-89(51-59-23-34-68(35-24-59)101(109)110,74-47-70(103(113)114)38-41-79(74)99(85)3)49-57-19-21-58(22-20-57)50-90(52-60-25-36-69(37-26-60)102(111)112)75-48-71(104(115)116)39-42-80(75)100(4)86(90)16-10-18-88-92(73-12-6-8-14-78(73)98(88)2,55-63-29-32-66(94)45-82(63)106(119)120)56-64-30-33-67(95)46-83(64)107(121)122;2*1-6-2-4-7(5-3-6)11(8,9)10/h5-48H,49-56H2,1-4H3;2*2-5H,1H3,(H,8,9,10)/q+2;;/p-2. The Bertz CT molecular complexity index is 7850. The van der Waals surface area contributed by atoms with Gasteiger partial charge in [0.25, 0.3) is 45.5 Å². The highest BCUT2D eigenvalue weighted by Crippen LogP contribution is 2.57. The Morgan fingerprint density at radius 2 is 0.610 bits per heavy atom. The number of hydrogen-bond acceptors (Lipinski definition) is 24. The van der Waals surface area contributed by atoms with Crippen molar-refractivity contribution >= 4 is 146 Å². The Kier molecular flexibility index (Phi) is 30.1. The molecule has 0 amide bonds. The van der Waals surface area contributed by atoms with Gasteiger partial charge in [0.05, 0.1) is 60.0 Å². The van der Waals surface area contributed by atoms with Gasteiger partial charge in [0.15, 0.2) is 11.4 Å². The predicted octanol–water partition coefficient (Wildman–Crippen LogP) is 22.9. The van der Waals surface area contributed by atoms with Crippen molar-refractivity contribution in [3.63, 3.8) is 0 Å². The van der Waals surface area contributed by atoms with Crippen molar-refractivity contribution in [2.24, 2.45) is 0 Å². The third kappa shape index (κ3) is 21.5. The Morgan fingerprint density at radius 3 is 0.925 bits per heavy atom. The maximum atomic E-state index is 13.1. The number of nitro groups is 8. The van der Waals surface area contributed by atoms with E-state index in [1.807, 2.05) is 164 Å². The van der Waals surface area contributed by atoms with Crippen LogP contribution in [0, 0.1) is 94.8 Å². The smallest absolute Gasteiger partial charge is 0.288 e. The van der Waals surface area contributed by atoms with Gasteiger partial charge in [0.2, 0.25) is 11.4 Å². The van der Waals surface area contributed by atoms with Crippen LogP contribution in [0.1, 0.15) is 77.9 Å². The first-order valence-electron chi connectivity index (χ1n) is 44.8. The molecule has 3 atom stereocenters. The molecule has 0 aliphatic carbocycles. The monoisotopic (exact) mass is 2080 g/mol. The normalized spacial score (nSPS) is 17.0. The molecule has 146 heavy (non-hydrogen) atoms. The lowest BCUT2D eigenvalue weighted by Gasteiger charge is -2.33. The number of non-ortho nitro benzene ring substituents is 4. The van der Waals surface area contributed by atoms with E-state index in [0.717, 1.165) is 22.4 Å². The van der Waals surface area contributed by atoms with E-state index < -0.39 is 81.3 Å². The highest BCUT2D eigenvalue weighted by atomic mass is 35.5. The van der Waals surface area contributed by atoms with Crippen molar-refractivity contribution in [2.75, 3.05) is 38.0 Å². The fourth-order valence-corrected chi connectivity index (χ4v) is 22.0. The van der Waals surface area contributed by atoms with E-state index in [-0.39, 0.29) is 138 Å². The molecule has 4 aliphatic rings. The van der Waals surface area contributed by atoms with Crippen LogP contribution in [-0.2, 0) is 93.3 Å². The van der Waals surface area contributed by atoms with Crippen LogP contribution in [0.5, 0.6) is 0 Å². The lowest BCUT2D eigenvalue weighted by atomic mass is 9.67. The summed E-state index contributed by atoms with van der Waals surface area (Å²) in [6.07, 6.45) is 11.3. The Morgan fingerprint density at radius 1 is 0.315 bits per heavy atom. The van der Waals surface area contributed by atoms with Crippen molar-refractivity contribution in [1.82, 2.24) is 0 Å². The third-order valence-corrected chi connectivity index (χ3v) is 29.7. The molecule has 0 radical (unpaired) electrons. The number of para-hydroxylation sites is 2. The maximum Gasteiger partial charge on any atom is 0.288 e. The number of benzene rings is 13. The van der Waals surface area contributed by atoms with Gasteiger partial charge >= 0.3 is 0 Å². The van der Waals surface area contributed by atoms with Crippen LogP contribution in [0.2, 0.25) is 20.1 Å². The zero-order chi connectivity index (χ0) is 105. The first kappa shape index (κ1) is 104. The molecular formula is C106H86Cl4N12O22S2. The molecule has 4 heterocycles. The number of nitrogens with zero attached hydrogens (tertiary/aromatic N) is 12. The van der Waals surface area contributed by atoms with E-state index in [9.17, 15) is 107 Å². The number of fused-ring (bicyclic) bond motifs is 4. The van der Waals surface area contributed by atoms with E-state index in [0.29, 0.717) is 90.0 Å². The molecule has 13 aromatic carbocycles. The molecule has 742 valence electrons. The topological polar surface area (TPSA) is 472 Å². The average molecular weight is 2090 g/mol. The SMILES string of the molecule is CN1/C(=C/C=C/C2=[N+](C)c3ccc([N+](=O)[O-])cc3C2(Cc2ccc(CC3(Cc4ccc([N+](=O)[O-])cc4)C(/C=C/C=C4/N(C)c5ccccc5C4(Cc4ccc(Cl)cc4[N+](=O)[O-])Cc4ccc(Cl)cc4[N+](=O)[O-])=[N+](C)c4ccc([N+](=O)[O-])cc43)cc2)Cc2ccc([N+](=O)[O-])cc2)C(Cc2ccc(Cl)c([N+](=O)[O-])c2)(Cc2ccc(Cl)cc2[N+](=O)[O-])c2ccccc21.Cc1ccc(S(=O)(=O)[O-])cc1.Cc1ccc(S(=O)(=O)[O-])cc1. The molecule has 4 aliphatic heterocycles. The van der Waals surface area contributed by atoms with Crippen molar-refractivity contribution in [3.8, 4) is 0 Å². The van der Waals surface area contributed by atoms with Gasteiger partial charge in [-0.05, 0) is 177 Å². The number of allylic oxidation sites excluding steroid dienone is 8. The number of hydrogen-bond donors (Lipinski definition) is 0. The average Bonchev–Trinajstić information content (AvgIpc) is 1.57. The van der Waals surface area contributed by atoms with Crippen LogP contribution in [-0.4, -0.2) is 114 Å². The number of rotatable bonds is 30. The number of halogens is 4. The zero-order valence-electron chi connectivity index (χ0n) is 78.4. The van der Waals surface area contributed by atoms with Gasteiger partial charge < -0.3 is 18.9 Å². The molecule has 0 aromatic heterocycles. The molecule has 13 aromatic rings. The van der Waals surface area contributed by atoms with Gasteiger partial charge in [0.1, 0.15) is 39.4 Å². The minimum atomic E-state index is -4.27. The summed E-state index contributed by atoms with van der Waals surface area (Å²) in [6, 6.07) is 73.0. The summed E-state index contributed by atoms with van der Waals surface area (Å²) < 4.78 is 66.2. The molecule has 3 unspecified atom stereocenters. The van der Waals surface area contributed by atoms with Crippen LogP contribution in [0.25, 0.3) is 0 Å². The Labute approximate surface area is 855 Å². The number of nitro benzene ring substituents is 8. The summed E-state index contributed by atoms with van der Waals surface area (Å²) in [6.45, 7) is 3.64. The molecular weight excluding hydrogens is 2000 g/mol. The maximum absolute atomic E-state index is 13.1. The minimum Gasteiger partial charge on any atom is -0.744 e. The fraction of sp³-hybridized carbons (Fsp3) is 0.170. The van der Waals surface area contributed by atoms with Gasteiger partial charge in [-0.15, -0.1) is 0 Å². The summed E-state index contributed by atoms with van der Waals surface area (Å²) in [4.78, 5) is 102. The lowest BCUT2D eigenvalue weighted by molar-refractivity contribution is -0.402. The molecule has 40 heteroatoms. The van der Waals surface area contributed by atoms with Crippen LogP contribution in [0.3, 0.4) is 0 Å². The van der Waals surface area contributed by atoms with Gasteiger partial charge in [-0.2, -0.15) is 9.15 Å². The Hall–Kier alpha value is -16.1. The largest absolute Gasteiger partial charge is 0.744 e. The van der Waals surface area contributed by atoms with E-state index in [1.54, 1.807) is 109 Å². The van der Waals surface area contributed by atoms with E-state index in [2.05, 4.69) is 0 Å². The summed E-state index contributed by atoms with van der Waals surface area (Å²) in [5, 5.41) is 103. The van der Waals surface area contributed by atoms with Gasteiger partial charge in [-0.3, -0.25) is 80.9 Å². The molecule has 17 rings (SSSR count). The molecule has 0 N–H and O–H groups in total. The van der Waals surface area contributed by atoms with E-state index >= 15 is 0 Å². The van der Waals surface area contributed by atoms with Gasteiger partial charge in [-0.25, -0.2) is 16.8 Å². The number of likely N-dealkylation sites (N-methyl/N-ethyl adjacent to an activating group) is 2. The first-order valence-corrected chi connectivity index (χ1v) is 49.1. The van der Waals surface area contributed by atoms with Crippen molar-refractivity contribution in [2.45, 2.75) is 96.7 Å². The highest BCUT2D eigenvalue weighted by Gasteiger charge is 2.55. The summed E-state index contributed by atoms with van der Waals surface area (Å²) in [5.41, 5.74) is 6.00. The molecule has 0 saturated carbocycles. The third-order valence-electron chi connectivity index (χ3n) is 27.0. The second-order valence-electron chi connectivity index (χ2n) is 35.9. The minimum absolute atomic E-state index is 0.0270. The quantitative estimate of drug-likeness (QED) is 0.0175. The fourth-order valence-electron chi connectivity index (χ4n) is 20.4. The summed E-state index contributed by atoms with van der Waals surface area (Å²) in [5.74, 6) is 0. The Balaban J connectivity index is 0.000000644. The molecule has 0 saturated heterocycles. The van der Waals surface area contributed by atoms with Gasteiger partial charge in [0, 0.05) is 188 Å². The van der Waals surface area contributed by atoms with Crippen molar-refractivity contribution in [3.05, 3.63) is 506 Å².